The molecular weight excluding hydrogens is 248 g/mol. The van der Waals surface area contributed by atoms with Crippen LogP contribution < -0.4 is 5.32 Å². The smallest absolute Gasteiger partial charge is 0.155 e. The fourth-order valence-electron chi connectivity index (χ4n) is 2.58. The van der Waals surface area contributed by atoms with Crippen LogP contribution in [0.3, 0.4) is 0 Å². The van der Waals surface area contributed by atoms with Crippen LogP contribution in [0.1, 0.15) is 62.5 Å². The molecule has 2 aromatic rings. The summed E-state index contributed by atoms with van der Waals surface area (Å²) in [5.41, 5.74) is 4.35. The molecular formula is C16H26N4. The van der Waals surface area contributed by atoms with E-state index in [-0.39, 0.29) is 0 Å². The van der Waals surface area contributed by atoms with Crippen molar-refractivity contribution in [3.8, 4) is 0 Å². The highest BCUT2D eigenvalue weighted by Crippen LogP contribution is 2.18. The van der Waals surface area contributed by atoms with Gasteiger partial charge in [-0.15, -0.1) is 0 Å². The predicted molar refractivity (Wildman–Crippen MR) is 83.0 cm³/mol. The molecule has 0 saturated heterocycles. The first-order valence-electron chi connectivity index (χ1n) is 7.68. The maximum absolute atomic E-state index is 4.50. The third-order valence-electron chi connectivity index (χ3n) is 3.83. The molecule has 2 rings (SSSR count). The Bertz CT molecular complexity index is 559. The van der Waals surface area contributed by atoms with Crippen molar-refractivity contribution in [1.29, 1.82) is 0 Å². The van der Waals surface area contributed by atoms with Crippen LogP contribution in [0.2, 0.25) is 0 Å². The van der Waals surface area contributed by atoms with Crippen LogP contribution in [0.5, 0.6) is 0 Å². The summed E-state index contributed by atoms with van der Waals surface area (Å²) in [5.74, 6) is 0. The second-order valence-corrected chi connectivity index (χ2v) is 5.59. The Hall–Kier alpha value is -1.42. The highest BCUT2D eigenvalue weighted by atomic mass is 15.3. The zero-order chi connectivity index (χ0) is 14.5. The maximum Gasteiger partial charge on any atom is 0.155 e. The van der Waals surface area contributed by atoms with Gasteiger partial charge in [0.15, 0.2) is 5.65 Å². The van der Waals surface area contributed by atoms with Gasteiger partial charge in [-0.2, -0.15) is 5.10 Å². The molecule has 110 valence electrons. The minimum atomic E-state index is 0.318. The molecule has 2 heterocycles. The summed E-state index contributed by atoms with van der Waals surface area (Å²) >= 11 is 0. The summed E-state index contributed by atoms with van der Waals surface area (Å²) in [7, 11) is 0. The van der Waals surface area contributed by atoms with Crippen LogP contribution in [0.4, 0.5) is 0 Å². The van der Waals surface area contributed by atoms with Crippen molar-refractivity contribution in [2.45, 2.75) is 59.4 Å². The SMILES string of the molecule is CCCCCCNC(C)c1cnc2cc(C)nn2c1C. The van der Waals surface area contributed by atoms with Crippen molar-refractivity contribution >= 4 is 5.65 Å². The molecule has 1 unspecified atom stereocenters. The predicted octanol–water partition coefficient (Wildman–Crippen LogP) is 3.58. The van der Waals surface area contributed by atoms with Crippen molar-refractivity contribution < 1.29 is 0 Å². The quantitative estimate of drug-likeness (QED) is 0.785. The van der Waals surface area contributed by atoms with E-state index in [2.05, 4.69) is 36.2 Å². The summed E-state index contributed by atoms with van der Waals surface area (Å²) in [5, 5.41) is 8.09. The minimum absolute atomic E-state index is 0.318. The van der Waals surface area contributed by atoms with Crippen molar-refractivity contribution in [3.05, 3.63) is 29.2 Å². The van der Waals surface area contributed by atoms with Crippen LogP contribution in [0.15, 0.2) is 12.3 Å². The monoisotopic (exact) mass is 274 g/mol. The van der Waals surface area contributed by atoms with Gasteiger partial charge in [0.05, 0.1) is 5.69 Å². The number of aryl methyl sites for hydroxylation is 2. The van der Waals surface area contributed by atoms with E-state index in [4.69, 9.17) is 0 Å². The van der Waals surface area contributed by atoms with Gasteiger partial charge in [-0.1, -0.05) is 26.2 Å². The van der Waals surface area contributed by atoms with Gasteiger partial charge in [0.25, 0.3) is 0 Å². The van der Waals surface area contributed by atoms with Crippen molar-refractivity contribution in [3.63, 3.8) is 0 Å². The van der Waals surface area contributed by atoms with Crippen LogP contribution in [-0.4, -0.2) is 21.1 Å². The van der Waals surface area contributed by atoms with E-state index in [9.17, 15) is 0 Å². The maximum atomic E-state index is 4.50. The lowest BCUT2D eigenvalue weighted by Crippen LogP contribution is -2.21. The Morgan fingerprint density at radius 2 is 2.05 bits per heavy atom. The third kappa shape index (κ3) is 3.37. The van der Waals surface area contributed by atoms with Gasteiger partial charge in [-0.05, 0) is 33.7 Å². The van der Waals surface area contributed by atoms with E-state index in [0.717, 1.165) is 17.9 Å². The average Bonchev–Trinajstić information content (AvgIpc) is 2.80. The Labute approximate surface area is 121 Å². The molecule has 0 radical (unpaired) electrons. The lowest BCUT2D eigenvalue weighted by Gasteiger charge is -2.16. The van der Waals surface area contributed by atoms with Gasteiger partial charge in [0, 0.05) is 29.6 Å². The molecule has 0 fully saturated rings. The molecule has 0 aliphatic heterocycles. The van der Waals surface area contributed by atoms with Gasteiger partial charge in [-0.3, -0.25) is 0 Å². The number of aromatic nitrogens is 3. The zero-order valence-corrected chi connectivity index (χ0v) is 13.1. The van der Waals surface area contributed by atoms with Gasteiger partial charge in [-0.25, -0.2) is 9.50 Å². The molecule has 4 heteroatoms. The second-order valence-electron chi connectivity index (χ2n) is 5.59. The zero-order valence-electron chi connectivity index (χ0n) is 13.1. The molecule has 0 spiro atoms. The highest BCUT2D eigenvalue weighted by molar-refractivity contribution is 5.42. The topological polar surface area (TPSA) is 42.2 Å². The summed E-state index contributed by atoms with van der Waals surface area (Å²) in [6.07, 6.45) is 7.15. The van der Waals surface area contributed by atoms with Crippen LogP contribution in [0, 0.1) is 13.8 Å². The van der Waals surface area contributed by atoms with E-state index in [1.54, 1.807) is 0 Å². The van der Waals surface area contributed by atoms with Gasteiger partial charge >= 0.3 is 0 Å². The number of nitrogens with one attached hydrogen (secondary N) is 1. The Balaban J connectivity index is 2.02. The molecule has 0 aliphatic carbocycles. The summed E-state index contributed by atoms with van der Waals surface area (Å²) in [6.45, 7) is 9.63. The van der Waals surface area contributed by atoms with Gasteiger partial charge in [0.1, 0.15) is 0 Å². The Morgan fingerprint density at radius 1 is 1.25 bits per heavy atom. The fraction of sp³-hybridized carbons (Fsp3) is 0.625. The number of hydrogen-bond acceptors (Lipinski definition) is 3. The fourth-order valence-corrected chi connectivity index (χ4v) is 2.58. The van der Waals surface area contributed by atoms with Gasteiger partial charge < -0.3 is 5.32 Å². The van der Waals surface area contributed by atoms with E-state index in [1.807, 2.05) is 23.7 Å². The molecule has 0 amide bonds. The van der Waals surface area contributed by atoms with E-state index in [0.29, 0.717) is 6.04 Å². The van der Waals surface area contributed by atoms with Crippen molar-refractivity contribution in [1.82, 2.24) is 19.9 Å². The van der Waals surface area contributed by atoms with Crippen molar-refractivity contribution in [2.75, 3.05) is 6.54 Å². The normalized spacial score (nSPS) is 13.0. The van der Waals surface area contributed by atoms with Crippen LogP contribution in [0.25, 0.3) is 5.65 Å². The standard InChI is InChI=1S/C16H26N4/c1-5-6-7-8-9-17-13(3)15-11-18-16-10-12(2)19-20(16)14(15)4/h10-11,13,17H,5-9H2,1-4H3. The molecule has 1 N–H and O–H groups in total. The average molecular weight is 274 g/mol. The second kappa shape index (κ2) is 6.84. The van der Waals surface area contributed by atoms with Crippen LogP contribution in [-0.2, 0) is 0 Å². The van der Waals surface area contributed by atoms with E-state index < -0.39 is 0 Å². The van der Waals surface area contributed by atoms with E-state index in [1.165, 1.54) is 36.9 Å². The lowest BCUT2D eigenvalue weighted by atomic mass is 10.1. The van der Waals surface area contributed by atoms with E-state index >= 15 is 0 Å². The first kappa shape index (κ1) is 15.0. The largest absolute Gasteiger partial charge is 0.310 e. The Kier molecular flexibility index (Phi) is 5.12. The first-order chi connectivity index (χ1) is 9.63. The third-order valence-corrected chi connectivity index (χ3v) is 3.83. The molecule has 0 aliphatic rings. The van der Waals surface area contributed by atoms with Crippen LogP contribution >= 0.6 is 0 Å². The number of unbranched alkanes of at least 4 members (excludes halogenated alkanes) is 3. The molecule has 20 heavy (non-hydrogen) atoms. The number of rotatable bonds is 7. The number of fused-ring (bicyclic) bond motifs is 1. The minimum Gasteiger partial charge on any atom is -0.310 e. The molecule has 0 bridgehead atoms. The summed E-state index contributed by atoms with van der Waals surface area (Å²) in [4.78, 5) is 4.50. The Morgan fingerprint density at radius 3 is 2.80 bits per heavy atom. The highest BCUT2D eigenvalue weighted by Gasteiger charge is 2.12. The molecule has 1 atom stereocenters. The number of nitrogens with zero attached hydrogens (tertiary/aromatic N) is 3. The molecule has 4 nitrogen and oxygen atoms in total. The summed E-state index contributed by atoms with van der Waals surface area (Å²) in [6, 6.07) is 2.33. The summed E-state index contributed by atoms with van der Waals surface area (Å²) < 4.78 is 1.94. The molecule has 0 saturated carbocycles. The lowest BCUT2D eigenvalue weighted by molar-refractivity contribution is 0.531. The first-order valence-corrected chi connectivity index (χ1v) is 7.68. The molecule has 2 aromatic heterocycles. The van der Waals surface area contributed by atoms with Gasteiger partial charge in [0.2, 0.25) is 0 Å². The van der Waals surface area contributed by atoms with Crippen molar-refractivity contribution in [2.24, 2.45) is 0 Å². The molecule has 0 aromatic carbocycles. The number of hydrogen-bond donors (Lipinski definition) is 1.